The van der Waals surface area contributed by atoms with Crippen LogP contribution in [0.1, 0.15) is 26.3 Å². The number of benzene rings is 3. The number of nitrogens with one attached hydrogen (secondary N) is 1. The van der Waals surface area contributed by atoms with E-state index in [0.717, 1.165) is 4.31 Å². The fraction of sp³-hybridized carbons (Fsp3) is 0.286. The van der Waals surface area contributed by atoms with Crippen molar-refractivity contribution in [2.45, 2.75) is 44.3 Å². The van der Waals surface area contributed by atoms with Crippen molar-refractivity contribution in [3.8, 4) is 5.75 Å². The molecule has 10 heteroatoms. The Bertz CT molecular complexity index is 1370. The molecule has 3 aromatic carbocycles. The summed E-state index contributed by atoms with van der Waals surface area (Å²) in [6, 6.07) is 20.4. The van der Waals surface area contributed by atoms with Crippen molar-refractivity contribution in [3.05, 3.63) is 89.4 Å². The summed E-state index contributed by atoms with van der Waals surface area (Å²) >= 11 is 6.37. The Morgan fingerprint density at radius 1 is 0.921 bits per heavy atom. The van der Waals surface area contributed by atoms with Crippen LogP contribution in [-0.2, 0) is 26.2 Å². The topological polar surface area (TPSA) is 96.0 Å². The van der Waals surface area contributed by atoms with Gasteiger partial charge in [0, 0.05) is 17.6 Å². The summed E-state index contributed by atoms with van der Waals surface area (Å²) in [5, 5.41) is 3.25. The fourth-order valence-corrected chi connectivity index (χ4v) is 5.51. The molecule has 0 aromatic heterocycles. The highest BCUT2D eigenvalue weighted by atomic mass is 35.5. The molecule has 38 heavy (non-hydrogen) atoms. The predicted molar refractivity (Wildman–Crippen MR) is 149 cm³/mol. The Balaban J connectivity index is 2.07. The summed E-state index contributed by atoms with van der Waals surface area (Å²) in [4.78, 5) is 28.2. The number of nitrogens with zero attached hydrogens (tertiary/aromatic N) is 2. The number of halogens is 1. The molecule has 0 spiro atoms. The number of hydrogen-bond donors (Lipinski definition) is 1. The molecule has 0 aliphatic rings. The lowest BCUT2D eigenvalue weighted by Crippen LogP contribution is -2.52. The van der Waals surface area contributed by atoms with E-state index < -0.39 is 28.5 Å². The Labute approximate surface area is 229 Å². The van der Waals surface area contributed by atoms with E-state index in [4.69, 9.17) is 16.3 Å². The van der Waals surface area contributed by atoms with Gasteiger partial charge in [0.2, 0.25) is 11.8 Å². The number of anilines is 1. The molecule has 0 saturated carbocycles. The van der Waals surface area contributed by atoms with Crippen LogP contribution in [0, 0.1) is 0 Å². The van der Waals surface area contributed by atoms with E-state index in [0.29, 0.717) is 10.6 Å². The first-order valence-corrected chi connectivity index (χ1v) is 13.9. The predicted octanol–water partition coefficient (Wildman–Crippen LogP) is 4.49. The lowest BCUT2D eigenvalue weighted by atomic mass is 10.1. The van der Waals surface area contributed by atoms with E-state index in [-0.39, 0.29) is 34.8 Å². The summed E-state index contributed by atoms with van der Waals surface area (Å²) < 4.78 is 34.1. The maximum Gasteiger partial charge on any atom is 0.264 e. The van der Waals surface area contributed by atoms with Crippen LogP contribution in [0.4, 0.5) is 5.69 Å². The molecule has 202 valence electrons. The van der Waals surface area contributed by atoms with Crippen molar-refractivity contribution < 1.29 is 22.7 Å². The average molecular weight is 558 g/mol. The third-order valence-corrected chi connectivity index (χ3v) is 8.00. The highest BCUT2D eigenvalue weighted by Crippen LogP contribution is 2.32. The number of para-hydroxylation sites is 2. The number of hydrogen-bond acceptors (Lipinski definition) is 5. The average Bonchev–Trinajstić information content (AvgIpc) is 2.90. The molecule has 0 saturated heterocycles. The summed E-state index contributed by atoms with van der Waals surface area (Å²) in [7, 11) is -2.76. The van der Waals surface area contributed by atoms with E-state index in [1.54, 1.807) is 73.7 Å². The molecule has 0 aliphatic heterocycles. The van der Waals surface area contributed by atoms with E-state index in [1.807, 2.05) is 13.8 Å². The fourth-order valence-electron chi connectivity index (χ4n) is 3.87. The standard InChI is InChI=1S/C28H32ClN3O5S/c1-20(2)30-28(34)21(3)31(18-22-12-8-9-15-24(22)29)27(33)19-32(25-16-10-11-17-26(25)37-4)38(35,36)23-13-6-5-7-14-23/h5-17,20-21H,18-19H2,1-4H3,(H,30,34)/t21-/m1/s1. The van der Waals surface area contributed by atoms with Crippen molar-refractivity contribution >= 4 is 39.1 Å². The van der Waals surface area contributed by atoms with Crippen molar-refractivity contribution in [1.82, 2.24) is 10.2 Å². The summed E-state index contributed by atoms with van der Waals surface area (Å²) in [6.45, 7) is 4.69. The van der Waals surface area contributed by atoms with Crippen LogP contribution in [0.5, 0.6) is 5.75 Å². The van der Waals surface area contributed by atoms with Gasteiger partial charge in [-0.25, -0.2) is 8.42 Å². The number of ether oxygens (including phenoxy) is 1. The van der Waals surface area contributed by atoms with Gasteiger partial charge in [0.15, 0.2) is 0 Å². The first-order valence-electron chi connectivity index (χ1n) is 12.1. The molecule has 0 heterocycles. The van der Waals surface area contributed by atoms with Gasteiger partial charge in [-0.05, 0) is 56.7 Å². The monoisotopic (exact) mass is 557 g/mol. The highest BCUT2D eigenvalue weighted by Gasteiger charge is 2.34. The normalized spacial score (nSPS) is 12.1. The van der Waals surface area contributed by atoms with Gasteiger partial charge < -0.3 is 15.0 Å². The largest absolute Gasteiger partial charge is 0.495 e. The maximum absolute atomic E-state index is 13.9. The van der Waals surface area contributed by atoms with E-state index in [2.05, 4.69) is 5.32 Å². The van der Waals surface area contributed by atoms with Crippen LogP contribution in [-0.4, -0.2) is 50.9 Å². The van der Waals surface area contributed by atoms with Gasteiger partial charge in [-0.3, -0.25) is 13.9 Å². The second kappa shape index (κ2) is 12.8. The van der Waals surface area contributed by atoms with Crippen LogP contribution < -0.4 is 14.4 Å². The van der Waals surface area contributed by atoms with E-state index in [1.165, 1.54) is 24.1 Å². The van der Waals surface area contributed by atoms with Gasteiger partial charge >= 0.3 is 0 Å². The minimum Gasteiger partial charge on any atom is -0.495 e. The Hall–Kier alpha value is -3.56. The third kappa shape index (κ3) is 6.85. The summed E-state index contributed by atoms with van der Waals surface area (Å²) in [5.74, 6) is -0.667. The lowest BCUT2D eigenvalue weighted by molar-refractivity contribution is -0.139. The molecule has 0 fully saturated rings. The molecule has 1 atom stereocenters. The van der Waals surface area contributed by atoms with Crippen molar-refractivity contribution in [2.75, 3.05) is 18.0 Å². The molecular formula is C28H32ClN3O5S. The summed E-state index contributed by atoms with van der Waals surface area (Å²) in [5.41, 5.74) is 0.825. The molecule has 3 aromatic rings. The number of carbonyl (C=O) groups is 2. The van der Waals surface area contributed by atoms with Crippen molar-refractivity contribution in [3.63, 3.8) is 0 Å². The molecule has 0 unspecified atom stereocenters. The zero-order valence-electron chi connectivity index (χ0n) is 21.8. The minimum absolute atomic E-state index is 0.0103. The maximum atomic E-state index is 13.9. The zero-order valence-corrected chi connectivity index (χ0v) is 23.4. The van der Waals surface area contributed by atoms with Crippen LogP contribution in [0.2, 0.25) is 5.02 Å². The van der Waals surface area contributed by atoms with Gasteiger partial charge in [-0.2, -0.15) is 0 Å². The van der Waals surface area contributed by atoms with Crippen molar-refractivity contribution in [1.29, 1.82) is 0 Å². The van der Waals surface area contributed by atoms with Gasteiger partial charge in [0.1, 0.15) is 18.3 Å². The number of rotatable bonds is 11. The van der Waals surface area contributed by atoms with Crippen LogP contribution in [0.3, 0.4) is 0 Å². The van der Waals surface area contributed by atoms with E-state index >= 15 is 0 Å². The Kier molecular flexibility index (Phi) is 9.77. The summed E-state index contributed by atoms with van der Waals surface area (Å²) in [6.07, 6.45) is 0. The molecule has 8 nitrogen and oxygen atoms in total. The molecule has 2 amide bonds. The first kappa shape index (κ1) is 29.0. The van der Waals surface area contributed by atoms with Gasteiger partial charge in [-0.1, -0.05) is 60.1 Å². The number of carbonyl (C=O) groups excluding carboxylic acids is 2. The van der Waals surface area contributed by atoms with Gasteiger partial charge in [0.25, 0.3) is 10.0 Å². The molecule has 1 N–H and O–H groups in total. The van der Waals surface area contributed by atoms with E-state index in [9.17, 15) is 18.0 Å². The molecule has 0 bridgehead atoms. The molecule has 3 rings (SSSR count). The molecule has 0 radical (unpaired) electrons. The SMILES string of the molecule is COc1ccccc1N(CC(=O)N(Cc1ccccc1Cl)[C@H](C)C(=O)NC(C)C)S(=O)(=O)c1ccccc1. The zero-order chi connectivity index (χ0) is 27.9. The quantitative estimate of drug-likeness (QED) is 0.375. The Morgan fingerprint density at radius 3 is 2.16 bits per heavy atom. The Morgan fingerprint density at radius 2 is 1.53 bits per heavy atom. The molecular weight excluding hydrogens is 526 g/mol. The van der Waals surface area contributed by atoms with Crippen molar-refractivity contribution in [2.24, 2.45) is 0 Å². The third-order valence-electron chi connectivity index (χ3n) is 5.86. The molecule has 0 aliphatic carbocycles. The second-order valence-corrected chi connectivity index (χ2v) is 11.2. The smallest absolute Gasteiger partial charge is 0.264 e. The number of methoxy groups -OCH3 is 1. The van der Waals surface area contributed by atoms with Crippen LogP contribution in [0.15, 0.2) is 83.8 Å². The van der Waals surface area contributed by atoms with Crippen LogP contribution in [0.25, 0.3) is 0 Å². The first-order chi connectivity index (χ1) is 18.1. The minimum atomic E-state index is -4.18. The van der Waals surface area contributed by atoms with Crippen LogP contribution >= 0.6 is 11.6 Å². The highest BCUT2D eigenvalue weighted by molar-refractivity contribution is 7.92. The second-order valence-electron chi connectivity index (χ2n) is 8.95. The number of sulfonamides is 1. The van der Waals surface area contributed by atoms with Gasteiger partial charge in [0.05, 0.1) is 17.7 Å². The number of amides is 2. The van der Waals surface area contributed by atoms with Gasteiger partial charge in [-0.15, -0.1) is 0 Å². The lowest BCUT2D eigenvalue weighted by Gasteiger charge is -2.32.